The van der Waals surface area contributed by atoms with Gasteiger partial charge >= 0.3 is 0 Å². The number of carbonyl (C=O) groups is 1. The molecule has 2 heterocycles. The number of fused-ring (bicyclic) bond motifs is 1. The standard InChI is InChI=1S/C22H25NO4S/c1-16-3-5-17(6-4-16)21(24)23-13-11-22(12-14-23)10-9-18-15-19(28(2,25)26)7-8-20(18)27-22/h3-8,15H,9-14H2,1-2H3. The lowest BCUT2D eigenvalue weighted by molar-refractivity contribution is -0.0107. The van der Waals surface area contributed by atoms with Crippen LogP contribution in [0.3, 0.4) is 0 Å². The topological polar surface area (TPSA) is 63.7 Å². The first-order valence-electron chi connectivity index (χ1n) is 9.64. The van der Waals surface area contributed by atoms with Crippen molar-refractivity contribution >= 4 is 15.7 Å². The van der Waals surface area contributed by atoms with Gasteiger partial charge in [-0.15, -0.1) is 0 Å². The Kier molecular flexibility index (Phi) is 4.70. The lowest BCUT2D eigenvalue weighted by Gasteiger charge is -2.44. The van der Waals surface area contributed by atoms with Gasteiger partial charge in [0, 0.05) is 37.8 Å². The van der Waals surface area contributed by atoms with Gasteiger partial charge in [-0.05, 0) is 55.7 Å². The number of hydrogen-bond acceptors (Lipinski definition) is 4. The highest BCUT2D eigenvalue weighted by molar-refractivity contribution is 7.90. The van der Waals surface area contributed by atoms with Gasteiger partial charge in [-0.25, -0.2) is 8.42 Å². The fourth-order valence-corrected chi connectivity index (χ4v) is 4.75. The van der Waals surface area contributed by atoms with Crippen molar-refractivity contribution in [3.8, 4) is 5.75 Å². The molecular weight excluding hydrogens is 374 g/mol. The van der Waals surface area contributed by atoms with Crippen molar-refractivity contribution in [3.05, 3.63) is 59.2 Å². The maximum absolute atomic E-state index is 12.7. The number of likely N-dealkylation sites (tertiary alicyclic amines) is 1. The van der Waals surface area contributed by atoms with Crippen LogP contribution in [-0.4, -0.2) is 44.2 Å². The van der Waals surface area contributed by atoms with Crippen LogP contribution in [0.2, 0.25) is 0 Å². The fourth-order valence-electron chi connectivity index (χ4n) is 4.08. The first kappa shape index (κ1) is 19.0. The van der Waals surface area contributed by atoms with Crippen LogP contribution in [-0.2, 0) is 16.3 Å². The normalized spacial score (nSPS) is 18.4. The average molecular weight is 400 g/mol. The zero-order valence-electron chi connectivity index (χ0n) is 16.3. The number of piperidine rings is 1. The van der Waals surface area contributed by atoms with Gasteiger partial charge in [0.1, 0.15) is 11.4 Å². The molecule has 0 radical (unpaired) electrons. The van der Waals surface area contributed by atoms with E-state index in [-0.39, 0.29) is 11.5 Å². The number of rotatable bonds is 2. The Labute approximate surface area is 166 Å². The monoisotopic (exact) mass is 399 g/mol. The summed E-state index contributed by atoms with van der Waals surface area (Å²) in [6.45, 7) is 3.35. The third kappa shape index (κ3) is 3.65. The molecule has 2 aliphatic rings. The molecule has 0 saturated carbocycles. The van der Waals surface area contributed by atoms with Gasteiger partial charge in [0.25, 0.3) is 5.91 Å². The highest BCUT2D eigenvalue weighted by Crippen LogP contribution is 2.40. The second-order valence-corrected chi connectivity index (χ2v) is 10.0. The van der Waals surface area contributed by atoms with E-state index in [1.54, 1.807) is 18.2 Å². The molecule has 5 nitrogen and oxygen atoms in total. The van der Waals surface area contributed by atoms with E-state index in [1.807, 2.05) is 36.1 Å². The lowest BCUT2D eigenvalue weighted by atomic mass is 9.83. The van der Waals surface area contributed by atoms with E-state index in [9.17, 15) is 13.2 Å². The van der Waals surface area contributed by atoms with Gasteiger partial charge in [0.2, 0.25) is 0 Å². The number of nitrogens with zero attached hydrogens (tertiary/aromatic N) is 1. The molecule has 148 valence electrons. The third-order valence-electron chi connectivity index (χ3n) is 5.90. The van der Waals surface area contributed by atoms with Crippen LogP contribution >= 0.6 is 0 Å². The second-order valence-electron chi connectivity index (χ2n) is 7.98. The molecule has 2 aromatic rings. The summed E-state index contributed by atoms with van der Waals surface area (Å²) in [5.41, 5.74) is 2.56. The third-order valence-corrected chi connectivity index (χ3v) is 7.01. The van der Waals surface area contributed by atoms with Crippen LogP contribution in [0, 0.1) is 6.92 Å². The smallest absolute Gasteiger partial charge is 0.253 e. The summed E-state index contributed by atoms with van der Waals surface area (Å²) in [6, 6.07) is 12.8. The van der Waals surface area contributed by atoms with E-state index in [2.05, 4.69) is 0 Å². The van der Waals surface area contributed by atoms with Crippen molar-refractivity contribution in [1.29, 1.82) is 0 Å². The summed E-state index contributed by atoms with van der Waals surface area (Å²) in [4.78, 5) is 15.0. The maximum Gasteiger partial charge on any atom is 0.253 e. The molecule has 2 aromatic carbocycles. The van der Waals surface area contributed by atoms with Crippen molar-refractivity contribution < 1.29 is 17.9 Å². The van der Waals surface area contributed by atoms with E-state index in [0.29, 0.717) is 18.0 Å². The molecule has 1 spiro atoms. The van der Waals surface area contributed by atoms with Crippen molar-refractivity contribution in [2.24, 2.45) is 0 Å². The van der Waals surface area contributed by atoms with Crippen molar-refractivity contribution in [3.63, 3.8) is 0 Å². The first-order chi connectivity index (χ1) is 13.3. The molecule has 0 unspecified atom stereocenters. The largest absolute Gasteiger partial charge is 0.487 e. The summed E-state index contributed by atoms with van der Waals surface area (Å²) in [5.74, 6) is 0.848. The van der Waals surface area contributed by atoms with E-state index >= 15 is 0 Å². The SMILES string of the molecule is Cc1ccc(C(=O)N2CCC3(CCc4cc(S(C)(=O)=O)ccc4O3)CC2)cc1. The molecular formula is C22H25NO4S. The number of amides is 1. The molecule has 2 aliphatic heterocycles. The zero-order valence-corrected chi connectivity index (χ0v) is 17.1. The van der Waals surface area contributed by atoms with Gasteiger partial charge in [0.15, 0.2) is 9.84 Å². The summed E-state index contributed by atoms with van der Waals surface area (Å²) in [5, 5.41) is 0. The molecule has 4 rings (SSSR count). The Balaban J connectivity index is 1.45. The van der Waals surface area contributed by atoms with Crippen molar-refractivity contribution in [2.45, 2.75) is 43.1 Å². The van der Waals surface area contributed by atoms with Gasteiger partial charge in [-0.1, -0.05) is 17.7 Å². The molecule has 6 heteroatoms. The molecule has 1 amide bonds. The Morgan fingerprint density at radius 3 is 2.36 bits per heavy atom. The number of benzene rings is 2. The van der Waals surface area contributed by atoms with Gasteiger partial charge < -0.3 is 9.64 Å². The summed E-state index contributed by atoms with van der Waals surface area (Å²) in [7, 11) is -3.22. The van der Waals surface area contributed by atoms with Crippen molar-refractivity contribution in [2.75, 3.05) is 19.3 Å². The molecule has 28 heavy (non-hydrogen) atoms. The predicted molar refractivity (Wildman–Crippen MR) is 108 cm³/mol. The number of sulfone groups is 1. The number of ether oxygens (including phenoxy) is 1. The highest BCUT2D eigenvalue weighted by atomic mass is 32.2. The molecule has 0 atom stereocenters. The Bertz CT molecular complexity index is 1000. The first-order valence-corrected chi connectivity index (χ1v) is 11.5. The maximum atomic E-state index is 12.7. The average Bonchev–Trinajstić information content (AvgIpc) is 2.67. The van der Waals surface area contributed by atoms with E-state index < -0.39 is 9.84 Å². The molecule has 0 aliphatic carbocycles. The second kappa shape index (κ2) is 6.92. The number of carbonyl (C=O) groups excluding carboxylic acids is 1. The number of hydrogen-bond donors (Lipinski definition) is 0. The summed E-state index contributed by atoms with van der Waals surface area (Å²) in [6.07, 6.45) is 4.45. The molecule has 0 N–H and O–H groups in total. The van der Waals surface area contributed by atoms with Gasteiger partial charge in [-0.2, -0.15) is 0 Å². The Morgan fingerprint density at radius 1 is 1.04 bits per heavy atom. The zero-order chi connectivity index (χ0) is 19.9. The Hall–Kier alpha value is -2.34. The summed E-state index contributed by atoms with van der Waals surface area (Å²) >= 11 is 0. The minimum absolute atomic E-state index is 0.0730. The van der Waals surface area contributed by atoms with Crippen LogP contribution in [0.25, 0.3) is 0 Å². The van der Waals surface area contributed by atoms with Crippen LogP contribution in [0.4, 0.5) is 0 Å². The molecule has 0 bridgehead atoms. The minimum Gasteiger partial charge on any atom is -0.487 e. The molecule has 1 fully saturated rings. The highest BCUT2D eigenvalue weighted by Gasteiger charge is 2.40. The molecule has 1 saturated heterocycles. The van der Waals surface area contributed by atoms with Crippen molar-refractivity contribution in [1.82, 2.24) is 4.90 Å². The summed E-state index contributed by atoms with van der Waals surface area (Å²) < 4.78 is 29.9. The van der Waals surface area contributed by atoms with E-state index in [4.69, 9.17) is 4.74 Å². The quantitative estimate of drug-likeness (QED) is 0.776. The lowest BCUT2D eigenvalue weighted by Crippen LogP contribution is -2.51. The predicted octanol–water partition coefficient (Wildman–Crippen LogP) is 3.40. The van der Waals surface area contributed by atoms with Crippen LogP contribution < -0.4 is 4.74 Å². The van der Waals surface area contributed by atoms with E-state index in [1.165, 1.54) is 6.26 Å². The van der Waals surface area contributed by atoms with E-state index in [0.717, 1.165) is 48.1 Å². The van der Waals surface area contributed by atoms with Gasteiger partial charge in [0.05, 0.1) is 4.90 Å². The van der Waals surface area contributed by atoms with Gasteiger partial charge in [-0.3, -0.25) is 4.79 Å². The minimum atomic E-state index is -3.22. The Morgan fingerprint density at radius 2 is 1.71 bits per heavy atom. The van der Waals surface area contributed by atoms with Crippen LogP contribution in [0.1, 0.15) is 40.7 Å². The van der Waals surface area contributed by atoms with Crippen LogP contribution in [0.15, 0.2) is 47.4 Å². The number of aryl methyl sites for hydroxylation is 2. The molecule has 0 aromatic heterocycles. The fraction of sp³-hybridized carbons (Fsp3) is 0.409. The van der Waals surface area contributed by atoms with Crippen LogP contribution in [0.5, 0.6) is 5.75 Å².